The summed E-state index contributed by atoms with van der Waals surface area (Å²) in [6.45, 7) is 0. The molecule has 0 saturated heterocycles. The van der Waals surface area contributed by atoms with E-state index in [-0.39, 0.29) is 206 Å². The fraction of sp³-hybridized carbons (Fsp3) is 0. The molecule has 0 aromatic heterocycles. The summed E-state index contributed by atoms with van der Waals surface area (Å²) in [4.78, 5) is 0. The number of rotatable bonds is 0. The maximum Gasteiger partial charge on any atom is 0 e. The van der Waals surface area contributed by atoms with Crippen LogP contribution in [-0.2, 0) is 147 Å². The van der Waals surface area contributed by atoms with E-state index in [2.05, 4.69) is 0 Å². The van der Waals surface area contributed by atoms with Gasteiger partial charge >= 0.3 is 0 Å². The van der Waals surface area contributed by atoms with Gasteiger partial charge in [0.1, 0.15) is 0 Å². The van der Waals surface area contributed by atoms with Crippen molar-refractivity contribution in [3.63, 3.8) is 0 Å². The molecule has 0 aliphatic heterocycles. The van der Waals surface area contributed by atoms with Crippen LogP contribution in [0.15, 0.2) is 0 Å². The predicted molar refractivity (Wildman–Crippen MR) is 44.6 cm³/mol. The molecule has 0 aliphatic carbocycles. The molecule has 0 rings (SSSR count). The Morgan fingerprint density at radius 2 is 0.176 bits per heavy atom. The molecule has 0 aromatic carbocycles. The Labute approximate surface area is 203 Å². The van der Waals surface area contributed by atoms with Crippen molar-refractivity contribution in [2.75, 3.05) is 0 Å². The van der Waals surface area contributed by atoms with Crippen LogP contribution in [0.2, 0.25) is 0 Å². The average Bonchev–Trinajstić information content (AvgIpc) is 0. The predicted octanol–water partition coefficient (Wildman–Crippen LogP) is -2.34. The summed E-state index contributed by atoms with van der Waals surface area (Å²) in [5, 5.41) is 0. The molecular weight excluding hydrogens is 820 g/mol. The van der Waals surface area contributed by atoms with Crippen molar-refractivity contribution in [1.29, 1.82) is 0 Å². The fourth-order valence-electron chi connectivity index (χ4n) is 0. The SMILES string of the molecule is N.N.N.N.N.N.O.O.O.O.[Mo].[Mo].[Mo].[Mo].[Mo].[Mo].[Mo]. The van der Waals surface area contributed by atoms with Gasteiger partial charge in [-0.05, 0) is 0 Å². The van der Waals surface area contributed by atoms with E-state index in [0.717, 1.165) is 0 Å². The van der Waals surface area contributed by atoms with Crippen LogP contribution in [0.5, 0.6) is 0 Å². The molecule has 10 nitrogen and oxygen atoms in total. The van der Waals surface area contributed by atoms with Gasteiger partial charge in [-0.15, -0.1) is 0 Å². The minimum absolute atomic E-state index is 0. The van der Waals surface area contributed by atoms with E-state index >= 15 is 0 Å². The van der Waals surface area contributed by atoms with Crippen LogP contribution >= 0.6 is 0 Å². The first-order valence-electron chi connectivity index (χ1n) is 0. The van der Waals surface area contributed by atoms with E-state index in [0.29, 0.717) is 0 Å². The molecule has 17 heteroatoms. The van der Waals surface area contributed by atoms with Crippen molar-refractivity contribution in [1.82, 2.24) is 36.9 Å². The second-order valence-corrected chi connectivity index (χ2v) is 0. The van der Waals surface area contributed by atoms with Gasteiger partial charge in [0.15, 0.2) is 0 Å². The molecule has 0 saturated carbocycles. The van der Waals surface area contributed by atoms with Gasteiger partial charge in [0.2, 0.25) is 0 Å². The van der Waals surface area contributed by atoms with Gasteiger partial charge in [0.05, 0.1) is 0 Å². The minimum atomic E-state index is 0. The summed E-state index contributed by atoms with van der Waals surface area (Å²) < 4.78 is 0. The summed E-state index contributed by atoms with van der Waals surface area (Å²) in [5.74, 6) is 0. The molecule has 0 aromatic rings. The summed E-state index contributed by atoms with van der Waals surface area (Å²) in [7, 11) is 0. The Kier molecular flexibility index (Phi) is 10600. The van der Waals surface area contributed by atoms with Crippen LogP contribution < -0.4 is 36.9 Å². The first-order chi connectivity index (χ1) is 0. The maximum atomic E-state index is 0. The van der Waals surface area contributed by atoms with Gasteiger partial charge in [-0.25, -0.2) is 0 Å². The Morgan fingerprint density at radius 1 is 0.176 bits per heavy atom. The molecule has 0 atom stereocenters. The van der Waals surface area contributed by atoms with Crippen LogP contribution in [-0.4, -0.2) is 21.9 Å². The standard InChI is InChI=1S/7Mo.6H3N.4H2O/h;;;;;;;6*1H3;4*1H2. The molecule has 0 aliphatic rings. The fourth-order valence-corrected chi connectivity index (χ4v) is 0. The normalized spacial score (nSPS) is 0. The second-order valence-electron chi connectivity index (χ2n) is 0. The monoisotopic (exact) mass is 860 g/mol. The minimum Gasteiger partial charge on any atom is -0.412 e. The van der Waals surface area contributed by atoms with Crippen LogP contribution in [0.3, 0.4) is 0 Å². The molecule has 0 bridgehead atoms. The van der Waals surface area contributed by atoms with E-state index in [4.69, 9.17) is 0 Å². The smallest absolute Gasteiger partial charge is 0 e. The molecule has 17 heavy (non-hydrogen) atoms. The zero-order valence-corrected chi connectivity index (χ0v) is 23.1. The van der Waals surface area contributed by atoms with Crippen molar-refractivity contribution in [3.05, 3.63) is 0 Å². The molecule has 0 spiro atoms. The summed E-state index contributed by atoms with van der Waals surface area (Å²) in [6.07, 6.45) is 0. The third-order valence-electron chi connectivity index (χ3n) is 0. The maximum absolute atomic E-state index is 0. The van der Waals surface area contributed by atoms with Crippen LogP contribution in [0, 0.1) is 0 Å². The third-order valence-corrected chi connectivity index (χ3v) is 0. The first-order valence-corrected chi connectivity index (χ1v) is 0. The number of hydrogen-bond acceptors (Lipinski definition) is 6. The Bertz CT molecular complexity index is 26.3. The van der Waals surface area contributed by atoms with Crippen molar-refractivity contribution in [2.24, 2.45) is 0 Å². The van der Waals surface area contributed by atoms with E-state index in [9.17, 15) is 0 Å². The van der Waals surface area contributed by atoms with Gasteiger partial charge in [0.25, 0.3) is 0 Å². The Morgan fingerprint density at radius 3 is 0.176 bits per heavy atom. The zero-order chi connectivity index (χ0) is 0. The molecule has 122 valence electrons. The van der Waals surface area contributed by atoms with Crippen molar-refractivity contribution < 1.29 is 169 Å². The first kappa shape index (κ1) is 457. The molecular formula is H26Mo7N6O4. The largest absolute Gasteiger partial charge is 0.412 e. The summed E-state index contributed by atoms with van der Waals surface area (Å²) >= 11 is 0. The topological polar surface area (TPSA) is 336 Å². The van der Waals surface area contributed by atoms with Gasteiger partial charge < -0.3 is 58.8 Å². The number of hydrogen-bond donors (Lipinski definition) is 6. The van der Waals surface area contributed by atoms with Crippen molar-refractivity contribution in [2.45, 2.75) is 0 Å². The molecule has 0 amide bonds. The van der Waals surface area contributed by atoms with E-state index < -0.39 is 0 Å². The van der Waals surface area contributed by atoms with Crippen molar-refractivity contribution in [3.8, 4) is 0 Å². The molecule has 0 radical (unpaired) electrons. The van der Waals surface area contributed by atoms with Crippen LogP contribution in [0.25, 0.3) is 0 Å². The Hall–Kier alpha value is 4.42. The van der Waals surface area contributed by atoms with Gasteiger partial charge in [-0.2, -0.15) is 0 Å². The molecule has 0 unspecified atom stereocenters. The summed E-state index contributed by atoms with van der Waals surface area (Å²) in [5.41, 5.74) is 0. The van der Waals surface area contributed by atoms with E-state index in [1.807, 2.05) is 0 Å². The van der Waals surface area contributed by atoms with Gasteiger partial charge in [-0.3, -0.25) is 0 Å². The second kappa shape index (κ2) is 394. The Balaban J connectivity index is 0. The molecule has 0 heterocycles. The quantitative estimate of drug-likeness (QED) is 0.145. The van der Waals surface area contributed by atoms with Gasteiger partial charge in [-0.1, -0.05) is 0 Å². The van der Waals surface area contributed by atoms with E-state index in [1.54, 1.807) is 0 Å². The van der Waals surface area contributed by atoms with Crippen molar-refractivity contribution >= 4 is 0 Å². The average molecular weight is 846 g/mol. The molecule has 26 N–H and O–H groups in total. The summed E-state index contributed by atoms with van der Waals surface area (Å²) in [6, 6.07) is 0. The third kappa shape index (κ3) is 355. The van der Waals surface area contributed by atoms with Gasteiger partial charge in [0, 0.05) is 147 Å². The molecule has 0 fully saturated rings. The zero-order valence-electron chi connectivity index (χ0n) is 9.10. The van der Waals surface area contributed by atoms with Crippen LogP contribution in [0.1, 0.15) is 0 Å². The van der Waals surface area contributed by atoms with E-state index in [1.165, 1.54) is 0 Å². The van der Waals surface area contributed by atoms with Crippen LogP contribution in [0.4, 0.5) is 0 Å².